The molecule has 0 aliphatic carbocycles. The Bertz CT molecular complexity index is 1130. The van der Waals surface area contributed by atoms with Gasteiger partial charge in [-0.3, -0.25) is 10.1 Å². The van der Waals surface area contributed by atoms with Crippen LogP contribution in [0.15, 0.2) is 41.3 Å². The molecule has 0 bridgehead atoms. The summed E-state index contributed by atoms with van der Waals surface area (Å²) in [5.41, 5.74) is 0.902. The number of anilines is 1. The summed E-state index contributed by atoms with van der Waals surface area (Å²) < 4.78 is 38.7. The van der Waals surface area contributed by atoms with Gasteiger partial charge in [0.15, 0.2) is 11.5 Å². The molecule has 1 N–H and O–H groups in total. The number of rotatable bonds is 7. The van der Waals surface area contributed by atoms with Crippen molar-refractivity contribution in [3.63, 3.8) is 0 Å². The number of fused-ring (bicyclic) bond motifs is 1. The van der Waals surface area contributed by atoms with Gasteiger partial charge in [-0.2, -0.15) is 4.31 Å². The fourth-order valence-electron chi connectivity index (χ4n) is 4.20. The predicted octanol–water partition coefficient (Wildman–Crippen LogP) is 4.35. The molecule has 0 saturated carbocycles. The topological polar surface area (TPSA) is 111 Å². The molecule has 1 saturated heterocycles. The van der Waals surface area contributed by atoms with Crippen molar-refractivity contribution < 1.29 is 22.8 Å². The van der Waals surface area contributed by atoms with Crippen molar-refractivity contribution in [3.8, 4) is 11.5 Å². The molecule has 9 nitrogen and oxygen atoms in total. The molecule has 0 radical (unpaired) electrons. The number of hydrogen-bond donors (Lipinski definition) is 1. The molecular formula is C23H29N3O6S. The van der Waals surface area contributed by atoms with Crippen molar-refractivity contribution >= 4 is 21.4 Å². The molecule has 10 heteroatoms. The van der Waals surface area contributed by atoms with Crippen molar-refractivity contribution in [1.29, 1.82) is 0 Å². The van der Waals surface area contributed by atoms with Crippen LogP contribution >= 0.6 is 0 Å². The number of hydrogen-bond acceptors (Lipinski definition) is 7. The molecule has 1 unspecified atom stereocenters. The number of nitro benzene ring substituents is 1. The first-order valence-electron chi connectivity index (χ1n) is 11.2. The SMILES string of the molecule is CC(C)C(Nc1ccc(S(=O)(=O)N2CCCC2)cc1[N+](=O)[O-])c1ccc2c(c1)OCCCO2. The summed E-state index contributed by atoms with van der Waals surface area (Å²) in [6.45, 7) is 6.06. The van der Waals surface area contributed by atoms with Crippen molar-refractivity contribution in [2.75, 3.05) is 31.6 Å². The Hall–Kier alpha value is -2.85. The molecule has 4 rings (SSSR count). The summed E-state index contributed by atoms with van der Waals surface area (Å²) in [5.74, 6) is 1.42. The average molecular weight is 476 g/mol. The Morgan fingerprint density at radius 1 is 1.00 bits per heavy atom. The van der Waals surface area contributed by atoms with Crippen LogP contribution in [0.25, 0.3) is 0 Å². The van der Waals surface area contributed by atoms with E-state index in [1.54, 1.807) is 0 Å². The summed E-state index contributed by atoms with van der Waals surface area (Å²) in [6, 6.07) is 9.49. The molecule has 0 amide bonds. The van der Waals surface area contributed by atoms with Gasteiger partial charge in [0.1, 0.15) is 5.69 Å². The molecule has 178 valence electrons. The minimum atomic E-state index is -3.75. The molecule has 0 spiro atoms. The van der Waals surface area contributed by atoms with Gasteiger partial charge in [-0.1, -0.05) is 19.9 Å². The molecular weight excluding hydrogens is 446 g/mol. The van der Waals surface area contributed by atoms with Crippen molar-refractivity contribution in [2.45, 2.75) is 44.0 Å². The van der Waals surface area contributed by atoms with Crippen LogP contribution < -0.4 is 14.8 Å². The predicted molar refractivity (Wildman–Crippen MR) is 124 cm³/mol. The van der Waals surface area contributed by atoms with Crippen molar-refractivity contribution in [1.82, 2.24) is 4.31 Å². The monoisotopic (exact) mass is 475 g/mol. The third kappa shape index (κ3) is 4.91. The van der Waals surface area contributed by atoms with Crippen molar-refractivity contribution in [3.05, 3.63) is 52.1 Å². The number of sulfonamides is 1. The maximum atomic E-state index is 12.9. The highest BCUT2D eigenvalue weighted by Gasteiger charge is 2.30. The van der Waals surface area contributed by atoms with E-state index in [-0.39, 0.29) is 28.2 Å². The smallest absolute Gasteiger partial charge is 0.293 e. The Labute approximate surface area is 193 Å². The quantitative estimate of drug-likeness (QED) is 0.468. The highest BCUT2D eigenvalue weighted by atomic mass is 32.2. The van der Waals surface area contributed by atoms with E-state index in [2.05, 4.69) is 5.32 Å². The molecule has 2 aliphatic rings. The molecule has 2 aliphatic heterocycles. The van der Waals surface area contributed by atoms with Crippen LogP contribution in [0.2, 0.25) is 0 Å². The maximum absolute atomic E-state index is 12.9. The number of ether oxygens (including phenoxy) is 2. The van der Waals surface area contributed by atoms with Crippen LogP contribution in [0.3, 0.4) is 0 Å². The van der Waals surface area contributed by atoms with E-state index in [1.807, 2.05) is 32.0 Å². The first-order valence-corrected chi connectivity index (χ1v) is 12.7. The summed E-state index contributed by atoms with van der Waals surface area (Å²) in [7, 11) is -3.75. The van der Waals surface area contributed by atoms with Crippen LogP contribution in [0.1, 0.15) is 44.7 Å². The summed E-state index contributed by atoms with van der Waals surface area (Å²) in [6.07, 6.45) is 2.40. The highest BCUT2D eigenvalue weighted by Crippen LogP contribution is 2.38. The molecule has 2 aromatic carbocycles. The fraction of sp³-hybridized carbons (Fsp3) is 0.478. The van der Waals surface area contributed by atoms with Crippen LogP contribution in [0, 0.1) is 16.0 Å². The second-order valence-corrected chi connectivity index (χ2v) is 10.6. The van der Waals surface area contributed by atoms with Gasteiger partial charge in [0.2, 0.25) is 10.0 Å². The Morgan fingerprint density at radius 3 is 2.36 bits per heavy atom. The number of benzene rings is 2. The second kappa shape index (κ2) is 9.56. The maximum Gasteiger partial charge on any atom is 0.293 e. The number of nitrogens with one attached hydrogen (secondary N) is 1. The summed E-state index contributed by atoms with van der Waals surface area (Å²) in [4.78, 5) is 11.3. The number of nitrogens with zero attached hydrogens (tertiary/aromatic N) is 2. The third-order valence-electron chi connectivity index (χ3n) is 5.98. The largest absolute Gasteiger partial charge is 0.490 e. The lowest BCUT2D eigenvalue weighted by molar-refractivity contribution is -0.384. The summed E-state index contributed by atoms with van der Waals surface area (Å²) >= 11 is 0. The van der Waals surface area contributed by atoms with Gasteiger partial charge < -0.3 is 14.8 Å². The van der Waals surface area contributed by atoms with Gasteiger partial charge in [-0.15, -0.1) is 0 Å². The van der Waals surface area contributed by atoms with Crippen LogP contribution in [-0.2, 0) is 10.0 Å². The van der Waals surface area contributed by atoms with E-state index in [1.165, 1.54) is 16.4 Å². The van der Waals surface area contributed by atoms with E-state index in [9.17, 15) is 18.5 Å². The van der Waals surface area contributed by atoms with E-state index >= 15 is 0 Å². The van der Waals surface area contributed by atoms with Gasteiger partial charge in [0, 0.05) is 25.6 Å². The van der Waals surface area contributed by atoms with Gasteiger partial charge in [0.05, 0.1) is 29.1 Å². The van der Waals surface area contributed by atoms with E-state index in [0.717, 1.165) is 30.9 Å². The van der Waals surface area contributed by atoms with Crippen LogP contribution in [0.5, 0.6) is 11.5 Å². The molecule has 2 aromatic rings. The van der Waals surface area contributed by atoms with Crippen LogP contribution in [0.4, 0.5) is 11.4 Å². The lowest BCUT2D eigenvalue weighted by atomic mass is 9.95. The molecule has 1 atom stereocenters. The minimum absolute atomic E-state index is 0.0571. The van der Waals surface area contributed by atoms with E-state index in [0.29, 0.717) is 37.8 Å². The lowest BCUT2D eigenvalue weighted by Gasteiger charge is -2.25. The van der Waals surface area contributed by atoms with Gasteiger partial charge in [0.25, 0.3) is 5.69 Å². The normalized spacial score (nSPS) is 17.5. The fourth-order valence-corrected chi connectivity index (χ4v) is 5.74. The first-order chi connectivity index (χ1) is 15.8. The zero-order chi connectivity index (χ0) is 23.6. The summed E-state index contributed by atoms with van der Waals surface area (Å²) in [5, 5.41) is 15.1. The zero-order valence-electron chi connectivity index (χ0n) is 18.8. The second-order valence-electron chi connectivity index (χ2n) is 8.67. The molecule has 0 aromatic heterocycles. The Morgan fingerprint density at radius 2 is 1.70 bits per heavy atom. The van der Waals surface area contributed by atoms with E-state index < -0.39 is 14.9 Å². The van der Waals surface area contributed by atoms with Crippen molar-refractivity contribution in [2.24, 2.45) is 5.92 Å². The Balaban J connectivity index is 1.66. The first kappa shape index (κ1) is 23.3. The van der Waals surface area contributed by atoms with Gasteiger partial charge >= 0.3 is 0 Å². The van der Waals surface area contributed by atoms with Gasteiger partial charge in [-0.25, -0.2) is 8.42 Å². The zero-order valence-corrected chi connectivity index (χ0v) is 19.6. The van der Waals surface area contributed by atoms with Gasteiger partial charge in [-0.05, 0) is 48.6 Å². The minimum Gasteiger partial charge on any atom is -0.490 e. The van der Waals surface area contributed by atoms with Crippen LogP contribution in [-0.4, -0.2) is 43.9 Å². The molecule has 1 fully saturated rings. The Kier molecular flexibility index (Phi) is 6.76. The third-order valence-corrected chi connectivity index (χ3v) is 7.87. The highest BCUT2D eigenvalue weighted by molar-refractivity contribution is 7.89. The standard InChI is InChI=1S/C23H29N3O6S/c1-16(2)23(17-6-9-21-22(14-17)32-13-5-12-31-21)24-19-8-7-18(15-20(19)26(27)28)33(29,30)25-10-3-4-11-25/h6-9,14-16,23-24H,3-5,10-13H2,1-2H3. The number of nitro groups is 1. The average Bonchev–Trinajstić information content (AvgIpc) is 3.24. The van der Waals surface area contributed by atoms with E-state index in [4.69, 9.17) is 9.47 Å². The molecule has 33 heavy (non-hydrogen) atoms. The lowest BCUT2D eigenvalue weighted by Crippen LogP contribution is -2.28. The molecule has 2 heterocycles.